The highest BCUT2D eigenvalue weighted by molar-refractivity contribution is 7.71. The molecule has 0 aliphatic heterocycles. The van der Waals surface area contributed by atoms with Gasteiger partial charge in [-0.25, -0.2) is 0 Å². The Labute approximate surface area is 57.5 Å². The van der Waals surface area contributed by atoms with Crippen LogP contribution in [0.3, 0.4) is 0 Å². The summed E-state index contributed by atoms with van der Waals surface area (Å²) in [5, 5.41) is 0. The average Bonchev–Trinajstić information content (AvgIpc) is 1.94. The van der Waals surface area contributed by atoms with E-state index in [1.165, 1.54) is 0 Å². The van der Waals surface area contributed by atoms with E-state index < -0.39 is 0 Å². The predicted octanol–water partition coefficient (Wildman–Crippen LogP) is 2.08. The lowest BCUT2D eigenvalue weighted by Gasteiger charge is -1.76. The second-order valence-corrected chi connectivity index (χ2v) is 1.67. The first-order chi connectivity index (χ1) is 4.39. The highest BCUT2D eigenvalue weighted by atomic mass is 32.1. The molecule has 1 aromatic heterocycles. The van der Waals surface area contributed by atoms with Gasteiger partial charge in [0.25, 0.3) is 0 Å². The van der Waals surface area contributed by atoms with Crippen LogP contribution < -0.4 is 0 Å². The van der Waals surface area contributed by atoms with Crippen molar-refractivity contribution in [1.82, 2.24) is 4.98 Å². The first-order valence-corrected chi connectivity index (χ1v) is 2.64. The number of aromatic amines is 1. The van der Waals surface area contributed by atoms with Crippen LogP contribution in [-0.4, -0.2) is 4.98 Å². The monoisotopic (exact) mass is 142 g/mol. The number of hydrogen-bond donors (Lipinski definition) is 2. The van der Waals surface area contributed by atoms with E-state index in [2.05, 4.69) is 10.6 Å². The molecule has 0 spiro atoms. The van der Waals surface area contributed by atoms with Crippen molar-refractivity contribution >= 4 is 12.2 Å². The number of nitrogens with one attached hydrogen (secondary N) is 2. The summed E-state index contributed by atoms with van der Waals surface area (Å²) in [7, 11) is 0. The third-order valence-electron chi connectivity index (χ3n) is 0.681. The Balaban J connectivity index is 0.000000291. The van der Waals surface area contributed by atoms with Gasteiger partial charge < -0.3 is 4.98 Å². The van der Waals surface area contributed by atoms with Crippen LogP contribution in [0.2, 0.25) is 0 Å². The van der Waals surface area contributed by atoms with Gasteiger partial charge in [0.1, 0.15) is 4.64 Å². The molecule has 0 aliphatic carbocycles. The van der Waals surface area contributed by atoms with Gasteiger partial charge in [0, 0.05) is 6.20 Å². The smallest absolute Gasteiger partial charge is 0.103 e. The van der Waals surface area contributed by atoms with Gasteiger partial charge in [0.05, 0.1) is 0 Å². The van der Waals surface area contributed by atoms with E-state index in [4.69, 9.17) is 17.1 Å². The molecule has 0 atom stereocenters. The Morgan fingerprint density at radius 2 is 2.11 bits per heavy atom. The number of aromatic nitrogens is 1. The molecule has 0 aromatic carbocycles. The summed E-state index contributed by atoms with van der Waals surface area (Å²) >= 11 is 4.76. The fourth-order valence-electron chi connectivity index (χ4n) is 0.377. The minimum absolute atomic E-state index is 0.780. The topological polar surface area (TPSA) is 56.7 Å². The fraction of sp³-hybridized carbons (Fsp3) is 0. The van der Waals surface area contributed by atoms with Crippen LogP contribution in [0.5, 0.6) is 0 Å². The second kappa shape index (κ2) is 5.11. The molecule has 9 heavy (non-hydrogen) atoms. The number of hydrogen-bond acceptors (Lipinski definition) is 3. The molecule has 4 heteroatoms. The number of pyridine rings is 1. The molecule has 3 nitrogen and oxygen atoms in total. The maximum absolute atomic E-state index is 7.50. The SMILES string of the molecule is N=O.S=c1cccc[nH]1. The normalized spacial score (nSPS) is 7.11. The van der Waals surface area contributed by atoms with Crippen molar-refractivity contribution in [3.8, 4) is 0 Å². The molecule has 48 valence electrons. The van der Waals surface area contributed by atoms with Crippen molar-refractivity contribution in [3.05, 3.63) is 33.9 Å². The first kappa shape index (κ1) is 7.97. The van der Waals surface area contributed by atoms with Crippen LogP contribution >= 0.6 is 12.2 Å². The number of H-pyrrole nitrogens is 1. The van der Waals surface area contributed by atoms with Gasteiger partial charge in [0.15, 0.2) is 0 Å². The Bertz CT molecular complexity index is 193. The average molecular weight is 142 g/mol. The zero-order chi connectivity index (χ0) is 7.11. The molecule has 0 saturated heterocycles. The molecular formula is C5H6N2OS. The zero-order valence-electron chi connectivity index (χ0n) is 4.63. The summed E-state index contributed by atoms with van der Waals surface area (Å²) in [4.78, 5) is 10.3. The highest BCUT2D eigenvalue weighted by Crippen LogP contribution is 1.80. The minimum atomic E-state index is 0.780. The molecule has 1 aromatic rings. The molecule has 0 unspecified atom stereocenters. The summed E-state index contributed by atoms with van der Waals surface area (Å²) in [5.41, 5.74) is 4.50. The third-order valence-corrected chi connectivity index (χ3v) is 0.934. The van der Waals surface area contributed by atoms with E-state index in [-0.39, 0.29) is 0 Å². The van der Waals surface area contributed by atoms with Crippen LogP contribution in [-0.2, 0) is 0 Å². The molecule has 1 rings (SSSR count). The molecule has 0 amide bonds. The van der Waals surface area contributed by atoms with Crippen molar-refractivity contribution in [2.24, 2.45) is 0 Å². The van der Waals surface area contributed by atoms with Crippen molar-refractivity contribution in [2.75, 3.05) is 0 Å². The fourth-order valence-corrected chi connectivity index (χ4v) is 0.523. The van der Waals surface area contributed by atoms with Gasteiger partial charge in [-0.1, -0.05) is 23.9 Å². The Hall–Kier alpha value is -1.03. The maximum Gasteiger partial charge on any atom is 0.103 e. The van der Waals surface area contributed by atoms with Crippen molar-refractivity contribution < 1.29 is 0 Å². The quantitative estimate of drug-likeness (QED) is 0.430. The summed E-state index contributed by atoms with van der Waals surface area (Å²) in [6.45, 7) is 0. The van der Waals surface area contributed by atoms with Gasteiger partial charge in [-0.15, -0.1) is 0 Å². The first-order valence-electron chi connectivity index (χ1n) is 2.24. The van der Waals surface area contributed by atoms with Gasteiger partial charge in [0.2, 0.25) is 0 Å². The second-order valence-electron chi connectivity index (χ2n) is 1.23. The van der Waals surface area contributed by atoms with Gasteiger partial charge in [-0.05, 0) is 12.1 Å². The predicted molar refractivity (Wildman–Crippen MR) is 37.7 cm³/mol. The van der Waals surface area contributed by atoms with Gasteiger partial charge in [-0.2, -0.15) is 4.91 Å². The lowest BCUT2D eigenvalue weighted by atomic mass is 10.5. The van der Waals surface area contributed by atoms with Crippen LogP contribution in [0.4, 0.5) is 0 Å². The molecule has 0 fully saturated rings. The summed E-state index contributed by atoms with van der Waals surface area (Å²) < 4.78 is 0.780. The maximum atomic E-state index is 7.50. The van der Waals surface area contributed by atoms with Crippen LogP contribution in [0.1, 0.15) is 0 Å². The molecular weight excluding hydrogens is 136 g/mol. The summed E-state index contributed by atoms with van der Waals surface area (Å²) in [6.07, 6.45) is 1.81. The van der Waals surface area contributed by atoms with E-state index in [0.717, 1.165) is 4.64 Å². The van der Waals surface area contributed by atoms with E-state index in [1.54, 1.807) is 0 Å². The largest absolute Gasteiger partial charge is 0.353 e. The Morgan fingerprint density at radius 1 is 1.44 bits per heavy atom. The Morgan fingerprint density at radius 3 is 2.33 bits per heavy atom. The van der Waals surface area contributed by atoms with Crippen molar-refractivity contribution in [3.63, 3.8) is 0 Å². The molecule has 0 saturated carbocycles. The molecule has 0 bridgehead atoms. The lowest BCUT2D eigenvalue weighted by molar-refractivity contribution is 1.30. The highest BCUT2D eigenvalue weighted by Gasteiger charge is 1.65. The number of nitroso groups, excluding NO2 is 1. The minimum Gasteiger partial charge on any atom is -0.353 e. The standard InChI is InChI=1S/C5H5NS.HNO/c7-5-3-1-2-4-6-5;1-2/h1-4H,(H,6,7);1H. The molecule has 1 heterocycles. The summed E-state index contributed by atoms with van der Waals surface area (Å²) in [5.74, 6) is 0. The van der Waals surface area contributed by atoms with Gasteiger partial charge >= 0.3 is 0 Å². The molecule has 2 N–H and O–H groups in total. The Kier molecular flexibility index (Phi) is 4.53. The molecule has 0 aliphatic rings. The lowest BCUT2D eigenvalue weighted by Crippen LogP contribution is -1.64. The summed E-state index contributed by atoms with van der Waals surface area (Å²) in [6, 6.07) is 5.64. The van der Waals surface area contributed by atoms with Crippen LogP contribution in [0.25, 0.3) is 0 Å². The van der Waals surface area contributed by atoms with Crippen LogP contribution in [0, 0.1) is 15.1 Å². The van der Waals surface area contributed by atoms with Crippen molar-refractivity contribution in [2.45, 2.75) is 0 Å². The zero-order valence-corrected chi connectivity index (χ0v) is 5.44. The van der Waals surface area contributed by atoms with E-state index in [1.807, 2.05) is 24.4 Å². The van der Waals surface area contributed by atoms with Gasteiger partial charge in [-0.3, -0.25) is 0 Å². The van der Waals surface area contributed by atoms with E-state index >= 15 is 0 Å². The third kappa shape index (κ3) is 3.54. The molecule has 0 radical (unpaired) electrons. The van der Waals surface area contributed by atoms with E-state index in [9.17, 15) is 0 Å². The van der Waals surface area contributed by atoms with E-state index in [0.29, 0.717) is 0 Å². The number of rotatable bonds is 0. The van der Waals surface area contributed by atoms with Crippen LogP contribution in [0.15, 0.2) is 24.4 Å². The van der Waals surface area contributed by atoms with Crippen molar-refractivity contribution in [1.29, 1.82) is 5.59 Å².